The lowest BCUT2D eigenvalue weighted by molar-refractivity contribution is 0.102. The largest absolute Gasteiger partial charge is 0.490 e. The van der Waals surface area contributed by atoms with Crippen LogP contribution in [0.1, 0.15) is 29.8 Å². The van der Waals surface area contributed by atoms with Crippen LogP contribution in [0.2, 0.25) is 5.02 Å². The van der Waals surface area contributed by atoms with Crippen molar-refractivity contribution in [1.82, 2.24) is 0 Å². The molecule has 0 atom stereocenters. The topological polar surface area (TPSA) is 47.6 Å². The highest BCUT2D eigenvalue weighted by atomic mass is 127. The molecule has 2 aromatic carbocycles. The van der Waals surface area contributed by atoms with Gasteiger partial charge in [0.2, 0.25) is 0 Å². The van der Waals surface area contributed by atoms with Gasteiger partial charge >= 0.3 is 0 Å². The van der Waals surface area contributed by atoms with E-state index in [4.69, 9.17) is 21.1 Å². The molecule has 6 heteroatoms. The van der Waals surface area contributed by atoms with E-state index in [2.05, 4.69) is 27.9 Å². The summed E-state index contributed by atoms with van der Waals surface area (Å²) >= 11 is 8.15. The maximum atomic E-state index is 12.6. The molecule has 0 radical (unpaired) electrons. The number of hydrogen-bond donors (Lipinski definition) is 1. The van der Waals surface area contributed by atoms with Crippen LogP contribution in [0.3, 0.4) is 0 Å². The van der Waals surface area contributed by atoms with Crippen LogP contribution in [0, 0.1) is 10.5 Å². The van der Waals surface area contributed by atoms with Crippen LogP contribution >= 0.6 is 34.2 Å². The van der Waals surface area contributed by atoms with Gasteiger partial charge in [0.15, 0.2) is 11.5 Å². The van der Waals surface area contributed by atoms with Crippen molar-refractivity contribution in [1.29, 1.82) is 0 Å². The lowest BCUT2D eigenvalue weighted by Crippen LogP contribution is -2.14. The minimum absolute atomic E-state index is 0.220. The van der Waals surface area contributed by atoms with Gasteiger partial charge < -0.3 is 14.8 Å². The van der Waals surface area contributed by atoms with Gasteiger partial charge in [0.05, 0.1) is 16.8 Å². The van der Waals surface area contributed by atoms with Crippen LogP contribution in [0.25, 0.3) is 0 Å². The summed E-state index contributed by atoms with van der Waals surface area (Å²) in [6.07, 6.45) is 0. The number of carbonyl (C=O) groups excluding carboxylic acids is 1. The molecule has 0 spiro atoms. The van der Waals surface area contributed by atoms with Crippen molar-refractivity contribution in [2.24, 2.45) is 0 Å². The number of nitrogens with one attached hydrogen (secondary N) is 1. The third kappa shape index (κ3) is 4.54. The standard InChI is InChI=1S/C18H19ClINO3/c1-4-23-16-9-12(8-14(20)17(16)24-5-2)18(22)21-15-10-13(19)7-6-11(15)3/h6-10H,4-5H2,1-3H3,(H,21,22). The second-order valence-electron chi connectivity index (χ2n) is 5.06. The average molecular weight is 460 g/mol. The van der Waals surface area contributed by atoms with E-state index in [0.29, 0.717) is 41.0 Å². The summed E-state index contributed by atoms with van der Waals surface area (Å²) in [6.45, 7) is 6.75. The molecule has 2 rings (SSSR count). The molecule has 0 unspecified atom stereocenters. The maximum absolute atomic E-state index is 12.6. The van der Waals surface area contributed by atoms with Crippen LogP contribution in [0.4, 0.5) is 5.69 Å². The zero-order chi connectivity index (χ0) is 17.7. The molecule has 0 aliphatic heterocycles. The molecule has 128 valence electrons. The molecule has 0 bridgehead atoms. The molecule has 0 saturated carbocycles. The first-order valence-electron chi connectivity index (χ1n) is 7.62. The van der Waals surface area contributed by atoms with Crippen molar-refractivity contribution >= 4 is 45.8 Å². The van der Waals surface area contributed by atoms with E-state index in [9.17, 15) is 4.79 Å². The van der Waals surface area contributed by atoms with Gasteiger partial charge in [-0.2, -0.15) is 0 Å². The molecule has 2 aromatic rings. The van der Waals surface area contributed by atoms with E-state index in [1.54, 1.807) is 24.3 Å². The summed E-state index contributed by atoms with van der Waals surface area (Å²) in [4.78, 5) is 12.6. The minimum atomic E-state index is -0.220. The van der Waals surface area contributed by atoms with Crippen molar-refractivity contribution in [3.8, 4) is 11.5 Å². The quantitative estimate of drug-likeness (QED) is 0.596. The second kappa shape index (κ2) is 8.58. The molecular weight excluding hydrogens is 441 g/mol. The van der Waals surface area contributed by atoms with Gasteiger partial charge in [0.25, 0.3) is 5.91 Å². The average Bonchev–Trinajstić information content (AvgIpc) is 2.54. The lowest BCUT2D eigenvalue weighted by Gasteiger charge is -2.15. The Bertz CT molecular complexity index is 749. The number of aryl methyl sites for hydroxylation is 1. The summed E-state index contributed by atoms with van der Waals surface area (Å²) < 4.78 is 12.1. The number of hydrogen-bond acceptors (Lipinski definition) is 3. The van der Waals surface area contributed by atoms with Gasteiger partial charge in [-0.05, 0) is 73.2 Å². The predicted molar refractivity (Wildman–Crippen MR) is 106 cm³/mol. The fourth-order valence-electron chi connectivity index (χ4n) is 2.17. The van der Waals surface area contributed by atoms with Crippen molar-refractivity contribution in [3.05, 3.63) is 50.1 Å². The predicted octanol–water partition coefficient (Wildman–Crippen LogP) is 5.30. The number of benzene rings is 2. The first-order chi connectivity index (χ1) is 11.5. The third-order valence-electron chi connectivity index (χ3n) is 3.31. The fourth-order valence-corrected chi connectivity index (χ4v) is 3.10. The van der Waals surface area contributed by atoms with Crippen LogP contribution in [-0.4, -0.2) is 19.1 Å². The van der Waals surface area contributed by atoms with Crippen molar-refractivity contribution in [3.63, 3.8) is 0 Å². The minimum Gasteiger partial charge on any atom is -0.490 e. The number of ether oxygens (including phenoxy) is 2. The molecule has 0 aliphatic carbocycles. The van der Waals surface area contributed by atoms with Crippen LogP contribution in [0.15, 0.2) is 30.3 Å². The van der Waals surface area contributed by atoms with Gasteiger partial charge in [-0.25, -0.2) is 0 Å². The van der Waals surface area contributed by atoms with E-state index in [-0.39, 0.29) is 5.91 Å². The summed E-state index contributed by atoms with van der Waals surface area (Å²) in [5.41, 5.74) is 2.14. The summed E-state index contributed by atoms with van der Waals surface area (Å²) in [7, 11) is 0. The highest BCUT2D eigenvalue weighted by molar-refractivity contribution is 14.1. The zero-order valence-corrected chi connectivity index (χ0v) is 16.7. The first kappa shape index (κ1) is 18.9. The molecule has 0 saturated heterocycles. The molecule has 1 N–H and O–H groups in total. The Labute approximate surface area is 160 Å². The Hall–Kier alpha value is -1.47. The van der Waals surface area contributed by atoms with Crippen molar-refractivity contribution in [2.75, 3.05) is 18.5 Å². The highest BCUT2D eigenvalue weighted by Gasteiger charge is 2.16. The number of carbonyl (C=O) groups is 1. The number of rotatable bonds is 6. The molecular formula is C18H19ClINO3. The van der Waals surface area contributed by atoms with Gasteiger partial charge in [0, 0.05) is 16.3 Å². The van der Waals surface area contributed by atoms with Crippen LogP contribution in [-0.2, 0) is 0 Å². The maximum Gasteiger partial charge on any atom is 0.255 e. The normalized spacial score (nSPS) is 10.4. The van der Waals surface area contributed by atoms with Crippen molar-refractivity contribution < 1.29 is 14.3 Å². The zero-order valence-electron chi connectivity index (χ0n) is 13.8. The molecule has 0 fully saturated rings. The van der Waals surface area contributed by atoms with E-state index in [0.717, 1.165) is 9.13 Å². The number of anilines is 1. The van der Waals surface area contributed by atoms with Gasteiger partial charge in [-0.15, -0.1) is 0 Å². The Kier molecular flexibility index (Phi) is 6.74. The van der Waals surface area contributed by atoms with E-state index >= 15 is 0 Å². The molecule has 0 heterocycles. The van der Waals surface area contributed by atoms with E-state index in [1.165, 1.54) is 0 Å². The van der Waals surface area contributed by atoms with Gasteiger partial charge in [-0.3, -0.25) is 4.79 Å². The monoisotopic (exact) mass is 459 g/mol. The van der Waals surface area contributed by atoms with Gasteiger partial charge in [0.1, 0.15) is 0 Å². The molecule has 1 amide bonds. The Morgan fingerprint density at radius 2 is 1.88 bits per heavy atom. The lowest BCUT2D eigenvalue weighted by atomic mass is 10.1. The molecule has 4 nitrogen and oxygen atoms in total. The first-order valence-corrected chi connectivity index (χ1v) is 9.08. The van der Waals surface area contributed by atoms with Gasteiger partial charge in [-0.1, -0.05) is 17.7 Å². The van der Waals surface area contributed by atoms with Crippen LogP contribution in [0.5, 0.6) is 11.5 Å². The van der Waals surface area contributed by atoms with E-state index < -0.39 is 0 Å². The van der Waals surface area contributed by atoms with Crippen molar-refractivity contribution in [2.45, 2.75) is 20.8 Å². The summed E-state index contributed by atoms with van der Waals surface area (Å²) in [5, 5.41) is 3.47. The Balaban J connectivity index is 2.33. The summed E-state index contributed by atoms with van der Waals surface area (Å²) in [5.74, 6) is 1.01. The fraction of sp³-hybridized carbons (Fsp3) is 0.278. The SMILES string of the molecule is CCOc1cc(C(=O)Nc2cc(Cl)ccc2C)cc(I)c1OCC. The van der Waals surface area contributed by atoms with E-state index in [1.807, 2.05) is 26.8 Å². The summed E-state index contributed by atoms with van der Waals surface area (Å²) in [6, 6.07) is 8.87. The molecule has 0 aromatic heterocycles. The third-order valence-corrected chi connectivity index (χ3v) is 4.34. The van der Waals surface area contributed by atoms with Crippen LogP contribution < -0.4 is 14.8 Å². The highest BCUT2D eigenvalue weighted by Crippen LogP contribution is 2.34. The Morgan fingerprint density at radius 3 is 2.54 bits per heavy atom. The number of halogens is 2. The second-order valence-corrected chi connectivity index (χ2v) is 6.66. The Morgan fingerprint density at radius 1 is 1.17 bits per heavy atom. The smallest absolute Gasteiger partial charge is 0.255 e. The molecule has 24 heavy (non-hydrogen) atoms. The molecule has 0 aliphatic rings. The number of amides is 1.